The Hall–Kier alpha value is -1.34. The molecular weight excluding hydrogens is 339 g/mol. The lowest BCUT2D eigenvalue weighted by Gasteiger charge is -2.09. The van der Waals surface area contributed by atoms with Crippen LogP contribution in [0.15, 0.2) is 24.3 Å². The normalized spacial score (nSPS) is 10.0. The molecule has 0 saturated carbocycles. The first-order chi connectivity index (χ1) is 10.2. The average Bonchev–Trinajstić information content (AvgIpc) is 2.79. The zero-order valence-electron chi connectivity index (χ0n) is 13.4. The van der Waals surface area contributed by atoms with Gasteiger partial charge in [0.05, 0.1) is 17.6 Å². The molecule has 0 unspecified atom stereocenters. The number of carbonyl (C=O) groups excluding carboxylic acids is 1. The second-order valence-electron chi connectivity index (χ2n) is 4.83. The lowest BCUT2D eigenvalue weighted by Crippen LogP contribution is -2.35. The van der Waals surface area contributed by atoms with Crippen LogP contribution in [0.2, 0.25) is 0 Å². The summed E-state index contributed by atoms with van der Waals surface area (Å²) in [7, 11) is 1.67. The Labute approximate surface area is 148 Å². The molecule has 0 aliphatic carbocycles. The van der Waals surface area contributed by atoms with Crippen LogP contribution in [0.3, 0.4) is 0 Å². The van der Waals surface area contributed by atoms with Crippen molar-refractivity contribution in [2.45, 2.75) is 13.5 Å². The van der Waals surface area contributed by atoms with Gasteiger partial charge in [0.1, 0.15) is 12.4 Å². The summed E-state index contributed by atoms with van der Waals surface area (Å²) in [6.45, 7) is 5.02. The fourth-order valence-corrected chi connectivity index (χ4v) is 2.18. The Morgan fingerprint density at radius 3 is 2.70 bits per heavy atom. The third kappa shape index (κ3) is 6.35. The van der Waals surface area contributed by atoms with E-state index in [1.165, 1.54) is 0 Å². The van der Waals surface area contributed by atoms with Crippen molar-refractivity contribution in [1.82, 2.24) is 20.2 Å². The van der Waals surface area contributed by atoms with E-state index in [9.17, 15) is 4.79 Å². The largest absolute Gasteiger partial charge is 0.383 e. The lowest BCUT2D eigenvalue weighted by atomic mass is 10.3. The third-order valence-electron chi connectivity index (χ3n) is 3.25. The minimum absolute atomic E-state index is 0. The van der Waals surface area contributed by atoms with Crippen LogP contribution in [-0.2, 0) is 16.1 Å². The van der Waals surface area contributed by atoms with Crippen LogP contribution in [0.25, 0.3) is 11.0 Å². The van der Waals surface area contributed by atoms with E-state index in [0.29, 0.717) is 19.7 Å². The maximum atomic E-state index is 12.0. The van der Waals surface area contributed by atoms with Crippen LogP contribution in [0.1, 0.15) is 5.82 Å². The number of para-hydroxylation sites is 2. The van der Waals surface area contributed by atoms with E-state index in [-0.39, 0.29) is 30.7 Å². The molecule has 23 heavy (non-hydrogen) atoms. The topological polar surface area (TPSA) is 68.2 Å². The van der Waals surface area contributed by atoms with Gasteiger partial charge < -0.3 is 19.9 Å². The minimum Gasteiger partial charge on any atom is -0.383 e. The van der Waals surface area contributed by atoms with Crippen LogP contribution in [0.5, 0.6) is 0 Å². The summed E-state index contributed by atoms with van der Waals surface area (Å²) in [6.07, 6.45) is 0. The standard InChI is InChI=1S/C15H22N4O2.2ClH/c1-12-18-13-5-3-4-6-14(13)19(12)11-15(20)17-8-7-16-9-10-21-2;;/h3-6,16H,7-11H2,1-2H3,(H,17,20);2*1H. The summed E-state index contributed by atoms with van der Waals surface area (Å²) in [4.78, 5) is 16.4. The highest BCUT2D eigenvalue weighted by Crippen LogP contribution is 2.14. The summed E-state index contributed by atoms with van der Waals surface area (Å²) in [5.74, 6) is 0.847. The molecule has 130 valence electrons. The van der Waals surface area contributed by atoms with Crippen molar-refractivity contribution in [3.05, 3.63) is 30.1 Å². The molecule has 1 amide bonds. The molecule has 0 radical (unpaired) electrons. The van der Waals surface area contributed by atoms with E-state index in [1.807, 2.05) is 35.8 Å². The van der Waals surface area contributed by atoms with Crippen molar-refractivity contribution in [3.8, 4) is 0 Å². The van der Waals surface area contributed by atoms with Gasteiger partial charge in [-0.1, -0.05) is 12.1 Å². The number of aromatic nitrogens is 2. The van der Waals surface area contributed by atoms with Gasteiger partial charge >= 0.3 is 0 Å². The van der Waals surface area contributed by atoms with Gasteiger partial charge in [0.15, 0.2) is 0 Å². The van der Waals surface area contributed by atoms with Gasteiger partial charge in [-0.15, -0.1) is 24.8 Å². The second-order valence-corrected chi connectivity index (χ2v) is 4.83. The number of aryl methyl sites for hydroxylation is 1. The molecule has 0 aliphatic heterocycles. The van der Waals surface area contributed by atoms with Crippen LogP contribution in [0, 0.1) is 6.92 Å². The average molecular weight is 363 g/mol. The Morgan fingerprint density at radius 2 is 1.96 bits per heavy atom. The number of nitrogens with one attached hydrogen (secondary N) is 2. The molecule has 2 aromatic rings. The third-order valence-corrected chi connectivity index (χ3v) is 3.25. The Kier molecular flexibility index (Phi) is 10.6. The Bertz CT molecular complexity index is 604. The summed E-state index contributed by atoms with van der Waals surface area (Å²) in [5.41, 5.74) is 1.91. The number of methoxy groups -OCH3 is 1. The molecule has 0 atom stereocenters. The van der Waals surface area contributed by atoms with Crippen molar-refractivity contribution >= 4 is 41.8 Å². The highest BCUT2D eigenvalue weighted by atomic mass is 35.5. The van der Waals surface area contributed by atoms with Gasteiger partial charge in [-0.05, 0) is 19.1 Å². The van der Waals surface area contributed by atoms with Crippen LogP contribution >= 0.6 is 24.8 Å². The highest BCUT2D eigenvalue weighted by Gasteiger charge is 2.09. The number of hydrogen-bond acceptors (Lipinski definition) is 4. The molecule has 1 aromatic carbocycles. The zero-order valence-corrected chi connectivity index (χ0v) is 15.0. The fourth-order valence-electron chi connectivity index (χ4n) is 2.18. The van der Waals surface area contributed by atoms with E-state index in [2.05, 4.69) is 15.6 Å². The van der Waals surface area contributed by atoms with E-state index >= 15 is 0 Å². The molecule has 6 nitrogen and oxygen atoms in total. The van der Waals surface area contributed by atoms with Gasteiger partial charge in [0.2, 0.25) is 5.91 Å². The number of carbonyl (C=O) groups is 1. The zero-order chi connectivity index (χ0) is 15.1. The fraction of sp³-hybridized carbons (Fsp3) is 0.467. The second kappa shape index (κ2) is 11.2. The molecule has 2 rings (SSSR count). The Morgan fingerprint density at radius 1 is 1.22 bits per heavy atom. The summed E-state index contributed by atoms with van der Waals surface area (Å²) in [5, 5.41) is 6.08. The quantitative estimate of drug-likeness (QED) is 0.699. The summed E-state index contributed by atoms with van der Waals surface area (Å²) < 4.78 is 6.87. The molecule has 0 fully saturated rings. The van der Waals surface area contributed by atoms with Crippen molar-refractivity contribution in [3.63, 3.8) is 0 Å². The Balaban J connectivity index is 0.00000242. The van der Waals surface area contributed by atoms with E-state index in [4.69, 9.17) is 4.74 Å². The first kappa shape index (κ1) is 21.7. The van der Waals surface area contributed by atoms with Crippen LogP contribution in [0.4, 0.5) is 0 Å². The number of fused-ring (bicyclic) bond motifs is 1. The SMILES string of the molecule is COCCNCCNC(=O)Cn1c(C)nc2ccccc21.Cl.Cl. The molecule has 1 heterocycles. The molecule has 0 spiro atoms. The number of nitrogens with zero attached hydrogens (tertiary/aromatic N) is 2. The first-order valence-electron chi connectivity index (χ1n) is 7.10. The molecule has 0 bridgehead atoms. The number of halogens is 2. The van der Waals surface area contributed by atoms with E-state index < -0.39 is 0 Å². The van der Waals surface area contributed by atoms with Gasteiger partial charge in [-0.25, -0.2) is 4.98 Å². The van der Waals surface area contributed by atoms with Crippen molar-refractivity contribution in [2.75, 3.05) is 33.4 Å². The minimum atomic E-state index is -0.00482. The molecule has 2 N–H and O–H groups in total. The van der Waals surface area contributed by atoms with Gasteiger partial charge in [0, 0.05) is 26.7 Å². The van der Waals surface area contributed by atoms with Crippen molar-refractivity contribution in [2.24, 2.45) is 0 Å². The van der Waals surface area contributed by atoms with E-state index in [1.54, 1.807) is 7.11 Å². The maximum absolute atomic E-state index is 12.0. The van der Waals surface area contributed by atoms with Crippen LogP contribution in [-0.4, -0.2) is 48.8 Å². The number of ether oxygens (including phenoxy) is 1. The molecule has 1 aromatic heterocycles. The monoisotopic (exact) mass is 362 g/mol. The molecule has 0 saturated heterocycles. The molecule has 0 aliphatic rings. The molecule has 8 heteroatoms. The van der Waals surface area contributed by atoms with Gasteiger partial charge in [-0.2, -0.15) is 0 Å². The van der Waals surface area contributed by atoms with Crippen molar-refractivity contribution in [1.29, 1.82) is 0 Å². The van der Waals surface area contributed by atoms with E-state index in [0.717, 1.165) is 29.9 Å². The first-order valence-corrected chi connectivity index (χ1v) is 7.10. The molecular formula is C15H24Cl2N4O2. The number of imidazole rings is 1. The van der Waals surface area contributed by atoms with Gasteiger partial charge in [0.25, 0.3) is 0 Å². The van der Waals surface area contributed by atoms with Crippen molar-refractivity contribution < 1.29 is 9.53 Å². The van der Waals surface area contributed by atoms with Crippen LogP contribution < -0.4 is 10.6 Å². The predicted octanol–water partition coefficient (Wildman–Crippen LogP) is 1.54. The van der Waals surface area contributed by atoms with Gasteiger partial charge in [-0.3, -0.25) is 4.79 Å². The smallest absolute Gasteiger partial charge is 0.240 e. The summed E-state index contributed by atoms with van der Waals surface area (Å²) >= 11 is 0. The number of hydrogen-bond donors (Lipinski definition) is 2. The maximum Gasteiger partial charge on any atom is 0.240 e. The number of amides is 1. The highest BCUT2D eigenvalue weighted by molar-refractivity contribution is 5.85. The number of rotatable bonds is 8. The lowest BCUT2D eigenvalue weighted by molar-refractivity contribution is -0.121. The number of benzene rings is 1. The predicted molar refractivity (Wildman–Crippen MR) is 96.7 cm³/mol. The summed E-state index contributed by atoms with van der Waals surface area (Å²) in [6, 6.07) is 7.84.